The number of anilines is 3. The molecular formula is C53H47NOS. The van der Waals surface area contributed by atoms with E-state index in [2.05, 4.69) is 194 Å². The maximum atomic E-state index is 6.43. The van der Waals surface area contributed by atoms with Gasteiger partial charge in [0.15, 0.2) is 0 Å². The van der Waals surface area contributed by atoms with Gasteiger partial charge < -0.3 is 9.32 Å². The van der Waals surface area contributed by atoms with Gasteiger partial charge in [0.2, 0.25) is 0 Å². The molecule has 1 aliphatic carbocycles. The molecule has 0 fully saturated rings. The van der Waals surface area contributed by atoms with Gasteiger partial charge in [-0.3, -0.25) is 0 Å². The van der Waals surface area contributed by atoms with E-state index in [1.807, 2.05) is 17.4 Å². The predicted molar refractivity (Wildman–Crippen MR) is 242 cm³/mol. The van der Waals surface area contributed by atoms with Crippen LogP contribution in [0.2, 0.25) is 0 Å². The molecule has 1 aliphatic rings. The number of hydrogen-bond donors (Lipinski definition) is 0. The first-order valence-electron chi connectivity index (χ1n) is 19.8. The highest BCUT2D eigenvalue weighted by Crippen LogP contribution is 2.54. The van der Waals surface area contributed by atoms with Crippen molar-refractivity contribution < 1.29 is 4.42 Å². The van der Waals surface area contributed by atoms with E-state index < -0.39 is 0 Å². The van der Waals surface area contributed by atoms with Crippen molar-refractivity contribution in [1.29, 1.82) is 0 Å². The Hall–Kier alpha value is -5.64. The number of benzene rings is 7. The van der Waals surface area contributed by atoms with Crippen molar-refractivity contribution in [3.8, 4) is 22.3 Å². The summed E-state index contributed by atoms with van der Waals surface area (Å²) in [5, 5.41) is 4.99. The molecule has 2 nitrogen and oxygen atoms in total. The third-order valence-corrected chi connectivity index (χ3v) is 13.3. The number of fused-ring (bicyclic) bond motifs is 9. The Morgan fingerprint density at radius 3 is 1.96 bits per heavy atom. The molecule has 2 aromatic heterocycles. The van der Waals surface area contributed by atoms with Gasteiger partial charge in [-0.25, -0.2) is 0 Å². The average Bonchev–Trinajstić information content (AvgIpc) is 3.81. The van der Waals surface area contributed by atoms with Crippen molar-refractivity contribution in [2.45, 2.75) is 71.6 Å². The van der Waals surface area contributed by atoms with Crippen LogP contribution >= 0.6 is 11.3 Å². The lowest BCUT2D eigenvalue weighted by Gasteiger charge is -2.28. The maximum Gasteiger partial charge on any atom is 0.137 e. The van der Waals surface area contributed by atoms with Crippen LogP contribution < -0.4 is 4.90 Å². The standard InChI is InChI=1S/C53H47NOS/c1-51(2,3)34-27-41-40-30-39-37-26-25-36(29-42(37)53(7,8)43(39)31-48(40)56-50(41)44(28-34)52(4,5)6)54(35-23-21-33(22-24-35)32-15-10-9-11-16-32)45-18-14-20-47-49(45)38-17-12-13-19-46(38)55-47/h9-31H,1-8H3. The number of furan rings is 1. The lowest BCUT2D eigenvalue weighted by Crippen LogP contribution is -2.16. The summed E-state index contributed by atoms with van der Waals surface area (Å²) in [6.45, 7) is 18.9. The molecule has 2 heterocycles. The summed E-state index contributed by atoms with van der Waals surface area (Å²) < 4.78 is 9.22. The summed E-state index contributed by atoms with van der Waals surface area (Å²) in [6, 6.07) is 51.5. The molecule has 0 radical (unpaired) electrons. The zero-order valence-electron chi connectivity index (χ0n) is 33.5. The van der Waals surface area contributed by atoms with Crippen LogP contribution in [0.15, 0.2) is 144 Å². The largest absolute Gasteiger partial charge is 0.456 e. The molecule has 0 spiro atoms. The van der Waals surface area contributed by atoms with Gasteiger partial charge in [0.25, 0.3) is 0 Å². The molecular weight excluding hydrogens is 699 g/mol. The summed E-state index contributed by atoms with van der Waals surface area (Å²) in [6.07, 6.45) is 0. The first kappa shape index (κ1) is 34.8. The summed E-state index contributed by atoms with van der Waals surface area (Å²) >= 11 is 1.97. The molecule has 276 valence electrons. The van der Waals surface area contributed by atoms with Crippen LogP contribution in [0.4, 0.5) is 17.1 Å². The lowest BCUT2D eigenvalue weighted by molar-refractivity contribution is 0.573. The van der Waals surface area contributed by atoms with Gasteiger partial charge in [-0.05, 0) is 116 Å². The fourth-order valence-corrected chi connectivity index (χ4v) is 10.5. The van der Waals surface area contributed by atoms with Gasteiger partial charge >= 0.3 is 0 Å². The van der Waals surface area contributed by atoms with Crippen LogP contribution in [-0.4, -0.2) is 0 Å². The van der Waals surface area contributed by atoms with Crippen LogP contribution in [0.25, 0.3) is 64.4 Å². The monoisotopic (exact) mass is 745 g/mol. The van der Waals surface area contributed by atoms with E-state index in [-0.39, 0.29) is 16.2 Å². The number of rotatable bonds is 4. The quantitative estimate of drug-likeness (QED) is 0.178. The van der Waals surface area contributed by atoms with E-state index in [4.69, 9.17) is 4.42 Å². The first-order chi connectivity index (χ1) is 26.8. The third kappa shape index (κ3) is 5.35. The fraction of sp³-hybridized carbons (Fsp3) is 0.208. The predicted octanol–water partition coefficient (Wildman–Crippen LogP) is 16.0. The third-order valence-electron chi connectivity index (χ3n) is 12.1. The Bertz CT molecular complexity index is 3000. The fourth-order valence-electron chi connectivity index (χ4n) is 9.03. The Morgan fingerprint density at radius 1 is 0.536 bits per heavy atom. The molecule has 3 heteroatoms. The van der Waals surface area contributed by atoms with E-state index in [9.17, 15) is 0 Å². The topological polar surface area (TPSA) is 16.4 Å². The zero-order valence-corrected chi connectivity index (χ0v) is 34.4. The van der Waals surface area contributed by atoms with Crippen molar-refractivity contribution in [3.05, 3.63) is 162 Å². The molecule has 56 heavy (non-hydrogen) atoms. The van der Waals surface area contributed by atoms with Crippen LogP contribution in [0, 0.1) is 0 Å². The minimum atomic E-state index is -0.189. The Kier molecular flexibility index (Phi) is 7.57. The molecule has 0 aliphatic heterocycles. The SMILES string of the molecule is CC(C)(C)c1cc(C(C)(C)C)c2sc3cc4c(cc3c2c1)-c1ccc(N(c2ccc(-c3ccccc3)cc2)c2cccc3oc5ccccc5c23)cc1C4(C)C. The van der Waals surface area contributed by atoms with Crippen LogP contribution in [-0.2, 0) is 16.2 Å². The lowest BCUT2D eigenvalue weighted by atomic mass is 9.79. The van der Waals surface area contributed by atoms with Crippen LogP contribution in [0.3, 0.4) is 0 Å². The summed E-state index contributed by atoms with van der Waals surface area (Å²) in [7, 11) is 0. The molecule has 0 saturated carbocycles. The highest BCUT2D eigenvalue weighted by molar-refractivity contribution is 7.26. The van der Waals surface area contributed by atoms with Crippen molar-refractivity contribution >= 4 is 70.5 Å². The number of hydrogen-bond acceptors (Lipinski definition) is 3. The molecule has 10 rings (SSSR count). The Balaban J connectivity index is 1.17. The van der Waals surface area contributed by atoms with Gasteiger partial charge in [0.1, 0.15) is 11.2 Å². The average molecular weight is 746 g/mol. The molecule has 0 atom stereocenters. The highest BCUT2D eigenvalue weighted by Gasteiger charge is 2.37. The van der Waals surface area contributed by atoms with E-state index in [0.29, 0.717) is 0 Å². The minimum absolute atomic E-state index is 0.0478. The van der Waals surface area contributed by atoms with Crippen LogP contribution in [0.1, 0.15) is 77.6 Å². The van der Waals surface area contributed by atoms with Crippen molar-refractivity contribution in [1.82, 2.24) is 0 Å². The zero-order chi connectivity index (χ0) is 38.7. The van der Waals surface area contributed by atoms with Crippen LogP contribution in [0.5, 0.6) is 0 Å². The first-order valence-corrected chi connectivity index (χ1v) is 20.7. The molecule has 0 saturated heterocycles. The van der Waals surface area contributed by atoms with Crippen molar-refractivity contribution in [2.75, 3.05) is 4.90 Å². The van der Waals surface area contributed by atoms with Gasteiger partial charge in [-0.1, -0.05) is 134 Å². The van der Waals surface area contributed by atoms with Crippen molar-refractivity contribution in [2.24, 2.45) is 0 Å². The smallest absolute Gasteiger partial charge is 0.137 e. The number of nitrogens with zero attached hydrogens (tertiary/aromatic N) is 1. The molecule has 0 N–H and O–H groups in total. The molecule has 7 aromatic carbocycles. The minimum Gasteiger partial charge on any atom is -0.456 e. The Labute approximate surface area is 334 Å². The van der Waals surface area contributed by atoms with E-state index in [1.54, 1.807) is 0 Å². The van der Waals surface area contributed by atoms with E-state index in [1.165, 1.54) is 64.7 Å². The summed E-state index contributed by atoms with van der Waals surface area (Å²) in [5.41, 5.74) is 15.7. The Morgan fingerprint density at radius 2 is 1.21 bits per heavy atom. The summed E-state index contributed by atoms with van der Waals surface area (Å²) in [4.78, 5) is 2.42. The molecule has 9 aromatic rings. The second kappa shape index (κ2) is 12.2. The van der Waals surface area contributed by atoms with Gasteiger partial charge in [0, 0.05) is 42.3 Å². The molecule has 0 bridgehead atoms. The molecule has 0 amide bonds. The second-order valence-corrected chi connectivity index (χ2v) is 19.3. The van der Waals surface area contributed by atoms with E-state index in [0.717, 1.165) is 39.0 Å². The second-order valence-electron chi connectivity index (χ2n) is 18.2. The number of para-hydroxylation sites is 1. The van der Waals surface area contributed by atoms with Gasteiger partial charge in [-0.2, -0.15) is 0 Å². The van der Waals surface area contributed by atoms with Gasteiger partial charge in [-0.15, -0.1) is 11.3 Å². The van der Waals surface area contributed by atoms with E-state index >= 15 is 0 Å². The summed E-state index contributed by atoms with van der Waals surface area (Å²) in [5.74, 6) is 0. The van der Waals surface area contributed by atoms with Crippen molar-refractivity contribution in [3.63, 3.8) is 0 Å². The molecule has 0 unspecified atom stereocenters. The number of thiophene rings is 1. The maximum absolute atomic E-state index is 6.43. The highest BCUT2D eigenvalue weighted by atomic mass is 32.1. The normalized spacial score (nSPS) is 13.9. The van der Waals surface area contributed by atoms with Gasteiger partial charge in [0.05, 0.1) is 11.1 Å².